The number of hydrogen-bond donors (Lipinski definition) is 2. The van der Waals surface area contributed by atoms with E-state index >= 15 is 0 Å². The maximum absolute atomic E-state index is 12.1. The van der Waals surface area contributed by atoms with Crippen LogP contribution in [0.2, 0.25) is 0 Å². The smallest absolute Gasteiger partial charge is 0.455 e. The van der Waals surface area contributed by atoms with Gasteiger partial charge >= 0.3 is 12.1 Å². The largest absolute Gasteiger partial charge is 0.500 e. The molecule has 0 radical (unpaired) electrons. The lowest BCUT2D eigenvalue weighted by molar-refractivity contribution is -0.169. The van der Waals surface area contributed by atoms with Crippen molar-refractivity contribution in [1.29, 1.82) is 0 Å². The molecule has 0 bridgehead atoms. The van der Waals surface area contributed by atoms with Gasteiger partial charge in [0.1, 0.15) is 11.8 Å². The number of nitrogens with two attached hydrogens (primary N) is 1. The van der Waals surface area contributed by atoms with E-state index in [1.54, 1.807) is 7.05 Å². The summed E-state index contributed by atoms with van der Waals surface area (Å²) < 4.78 is 45.0. The van der Waals surface area contributed by atoms with Crippen LogP contribution in [0, 0.1) is 0 Å². The second kappa shape index (κ2) is 10.3. The first kappa shape index (κ1) is 19.7. The average Bonchev–Trinajstić information content (AvgIpc) is 2.29. The highest BCUT2D eigenvalue weighted by atomic mass is 19.4. The Hall–Kier alpha value is -1.61. The zero-order valence-corrected chi connectivity index (χ0v) is 10.8. The van der Waals surface area contributed by atoms with Crippen LogP contribution in [0.5, 0.6) is 0 Å². The van der Waals surface area contributed by atoms with E-state index in [9.17, 15) is 22.8 Å². The number of carbonyl (C=O) groups excluding carboxylic acids is 2. The second-order valence-corrected chi connectivity index (χ2v) is 2.82. The molecule has 0 aliphatic rings. The number of hydrazine groups is 1. The fraction of sp³-hybridized carbons (Fsp3) is 0.600. The summed E-state index contributed by atoms with van der Waals surface area (Å²) in [5, 5.41) is 0. The van der Waals surface area contributed by atoms with Crippen molar-refractivity contribution < 1.29 is 32.2 Å². The van der Waals surface area contributed by atoms with Gasteiger partial charge in [0.2, 0.25) is 0 Å². The first-order valence-corrected chi connectivity index (χ1v) is 5.23. The van der Waals surface area contributed by atoms with Gasteiger partial charge in [-0.2, -0.15) is 13.2 Å². The molecule has 0 aliphatic heterocycles. The average molecular weight is 286 g/mol. The summed E-state index contributed by atoms with van der Waals surface area (Å²) in [5.74, 6) is 0.970. The molecule has 0 aromatic carbocycles. The highest BCUT2D eigenvalue weighted by Gasteiger charge is 2.43. The van der Waals surface area contributed by atoms with Crippen molar-refractivity contribution in [3.05, 3.63) is 11.8 Å². The number of hydrogen-bond acceptors (Lipinski definition) is 6. The lowest BCUT2D eigenvalue weighted by Gasteiger charge is -2.08. The number of rotatable bonds is 5. The van der Waals surface area contributed by atoms with Crippen LogP contribution in [-0.2, 0) is 19.1 Å². The fourth-order valence-corrected chi connectivity index (χ4v) is 0.723. The number of Topliss-reactive ketones (excluding diaryl/α,β-unsaturated/α-hetero) is 1. The maximum Gasteiger partial charge on any atom is 0.455 e. The molecule has 3 N–H and O–H groups in total. The minimum absolute atomic E-state index is 0.0358. The minimum Gasteiger partial charge on any atom is -0.500 e. The van der Waals surface area contributed by atoms with Gasteiger partial charge in [0.15, 0.2) is 0 Å². The van der Waals surface area contributed by atoms with Gasteiger partial charge in [0, 0.05) is 0 Å². The van der Waals surface area contributed by atoms with Gasteiger partial charge < -0.3 is 9.47 Å². The van der Waals surface area contributed by atoms with Crippen LogP contribution in [0.25, 0.3) is 0 Å². The van der Waals surface area contributed by atoms with Crippen LogP contribution in [0.4, 0.5) is 13.2 Å². The molecule has 0 fully saturated rings. The summed E-state index contributed by atoms with van der Waals surface area (Å²) in [6.07, 6.45) is -4.66. The highest BCUT2D eigenvalue weighted by Crippen LogP contribution is 2.21. The molecule has 0 aliphatic carbocycles. The standard InChI is InChI=1S/C9H11F3O4.CH6N2/c1-3-15-5-6(8(14)16-4-2)7(13)9(10,11)12;1-3-2/h5H,3-4H2,1-2H3;3H,2H2,1H3. The van der Waals surface area contributed by atoms with E-state index in [1.807, 2.05) is 0 Å². The van der Waals surface area contributed by atoms with Crippen LogP contribution in [0.1, 0.15) is 13.8 Å². The van der Waals surface area contributed by atoms with E-state index in [0.717, 1.165) is 0 Å². The Balaban J connectivity index is 0. The summed E-state index contributed by atoms with van der Waals surface area (Å²) in [6, 6.07) is 0. The Kier molecular flexibility index (Phi) is 10.7. The Morgan fingerprint density at radius 1 is 1.26 bits per heavy atom. The van der Waals surface area contributed by atoms with Crippen molar-refractivity contribution in [2.45, 2.75) is 20.0 Å². The monoisotopic (exact) mass is 286 g/mol. The molecule has 112 valence electrons. The predicted molar refractivity (Wildman–Crippen MR) is 60.7 cm³/mol. The summed E-state index contributed by atoms with van der Waals surface area (Å²) in [7, 11) is 1.65. The Bertz CT molecular complexity index is 316. The molecule has 9 heteroatoms. The first-order chi connectivity index (χ1) is 8.75. The van der Waals surface area contributed by atoms with Gasteiger partial charge in [0.25, 0.3) is 5.78 Å². The van der Waals surface area contributed by atoms with Gasteiger partial charge in [-0.3, -0.25) is 16.1 Å². The number of esters is 1. The third kappa shape index (κ3) is 9.03. The Morgan fingerprint density at radius 3 is 2.05 bits per heavy atom. The van der Waals surface area contributed by atoms with Crippen LogP contribution < -0.4 is 11.3 Å². The van der Waals surface area contributed by atoms with Crippen molar-refractivity contribution in [2.75, 3.05) is 20.3 Å². The van der Waals surface area contributed by atoms with Gasteiger partial charge in [-0.05, 0) is 20.9 Å². The molecule has 0 atom stereocenters. The molecule has 0 saturated heterocycles. The number of nitrogens with one attached hydrogen (secondary N) is 1. The van der Waals surface area contributed by atoms with E-state index in [0.29, 0.717) is 6.26 Å². The topological polar surface area (TPSA) is 90.6 Å². The summed E-state index contributed by atoms with van der Waals surface area (Å²) in [4.78, 5) is 21.9. The van der Waals surface area contributed by atoms with E-state index in [-0.39, 0.29) is 13.2 Å². The molecule has 0 rings (SSSR count). The number of ketones is 1. The van der Waals surface area contributed by atoms with Crippen LogP contribution >= 0.6 is 0 Å². The molecule has 0 amide bonds. The second-order valence-electron chi connectivity index (χ2n) is 2.82. The normalized spacial score (nSPS) is 11.2. The van der Waals surface area contributed by atoms with Crippen molar-refractivity contribution in [2.24, 2.45) is 5.84 Å². The molecule has 0 saturated carbocycles. The lowest BCUT2D eigenvalue weighted by atomic mass is 10.2. The van der Waals surface area contributed by atoms with E-state index < -0.39 is 23.5 Å². The molecule has 0 spiro atoms. The van der Waals surface area contributed by atoms with E-state index in [2.05, 4.69) is 20.7 Å². The van der Waals surface area contributed by atoms with Crippen LogP contribution in [-0.4, -0.2) is 38.2 Å². The Labute approximate surface area is 108 Å². The third-order valence-corrected chi connectivity index (χ3v) is 1.37. The third-order valence-electron chi connectivity index (χ3n) is 1.37. The zero-order valence-electron chi connectivity index (χ0n) is 10.8. The molecule has 0 aromatic heterocycles. The molecule has 19 heavy (non-hydrogen) atoms. The highest BCUT2D eigenvalue weighted by molar-refractivity contribution is 6.19. The minimum atomic E-state index is -5.13. The molecule has 0 unspecified atom stereocenters. The Morgan fingerprint density at radius 2 is 1.74 bits per heavy atom. The van der Waals surface area contributed by atoms with Crippen LogP contribution in [0.15, 0.2) is 11.8 Å². The quantitative estimate of drug-likeness (QED) is 0.147. The molecular weight excluding hydrogens is 269 g/mol. The number of alkyl halides is 3. The van der Waals surface area contributed by atoms with Crippen molar-refractivity contribution in [3.8, 4) is 0 Å². The summed E-state index contributed by atoms with van der Waals surface area (Å²) >= 11 is 0. The fourth-order valence-electron chi connectivity index (χ4n) is 0.723. The van der Waals surface area contributed by atoms with E-state index in [4.69, 9.17) is 0 Å². The van der Waals surface area contributed by atoms with Crippen LogP contribution in [0.3, 0.4) is 0 Å². The lowest BCUT2D eigenvalue weighted by Crippen LogP contribution is -2.29. The molecule has 0 heterocycles. The molecule has 6 nitrogen and oxygen atoms in total. The van der Waals surface area contributed by atoms with Crippen molar-refractivity contribution in [1.82, 2.24) is 5.43 Å². The van der Waals surface area contributed by atoms with Gasteiger partial charge in [-0.1, -0.05) is 0 Å². The summed E-state index contributed by atoms with van der Waals surface area (Å²) in [5.41, 5.74) is 1.09. The number of carbonyl (C=O) groups is 2. The summed E-state index contributed by atoms with van der Waals surface area (Å²) in [6.45, 7) is 2.81. The molecule has 0 aromatic rings. The number of ether oxygens (including phenoxy) is 2. The van der Waals surface area contributed by atoms with E-state index in [1.165, 1.54) is 13.8 Å². The SMILES string of the molecule is CCOC=C(C(=O)OCC)C(=O)C(F)(F)F.CNN. The van der Waals surface area contributed by atoms with Crippen molar-refractivity contribution in [3.63, 3.8) is 0 Å². The molecular formula is C10H17F3N2O4. The maximum atomic E-state index is 12.1. The number of halogens is 3. The van der Waals surface area contributed by atoms with Gasteiger partial charge in [0.05, 0.1) is 13.2 Å². The predicted octanol–water partition coefficient (Wildman–Crippen LogP) is 0.681. The zero-order chi connectivity index (χ0) is 15.5. The van der Waals surface area contributed by atoms with Gasteiger partial charge in [-0.15, -0.1) is 0 Å². The first-order valence-electron chi connectivity index (χ1n) is 5.23. The van der Waals surface area contributed by atoms with Crippen molar-refractivity contribution >= 4 is 11.8 Å². The van der Waals surface area contributed by atoms with Gasteiger partial charge in [-0.25, -0.2) is 4.79 Å².